The molecule has 0 unspecified atom stereocenters. The van der Waals surface area contributed by atoms with E-state index in [1.807, 2.05) is 18.2 Å². The lowest BCUT2D eigenvalue weighted by Gasteiger charge is -2.23. The Hall–Kier alpha value is -2.14. The summed E-state index contributed by atoms with van der Waals surface area (Å²) < 4.78 is 0. The first-order valence-corrected chi connectivity index (χ1v) is 7.87. The molecule has 0 bridgehead atoms. The largest absolute Gasteiger partial charge is 0.354 e. The average molecular weight is 298 g/mol. The molecule has 1 aromatic carbocycles. The van der Waals surface area contributed by atoms with Crippen LogP contribution >= 0.6 is 0 Å². The number of carbonyl (C=O) groups excluding carboxylic acids is 1. The highest BCUT2D eigenvalue weighted by molar-refractivity contribution is 5.82. The van der Waals surface area contributed by atoms with Gasteiger partial charge in [-0.25, -0.2) is 4.98 Å². The molecule has 2 aromatic rings. The number of carbonyl (C=O) groups is 1. The molecule has 22 heavy (non-hydrogen) atoms. The second kappa shape index (κ2) is 7.22. The fourth-order valence-corrected chi connectivity index (χ4v) is 2.99. The van der Waals surface area contributed by atoms with Crippen LogP contribution in [0, 0.1) is 0 Å². The van der Waals surface area contributed by atoms with Gasteiger partial charge in [0.05, 0.1) is 6.04 Å². The minimum Gasteiger partial charge on any atom is -0.354 e. The molecule has 1 aliphatic heterocycles. The molecule has 1 amide bonds. The fourth-order valence-electron chi connectivity index (χ4n) is 2.99. The number of H-pyrrole nitrogens is 1. The van der Waals surface area contributed by atoms with Crippen molar-refractivity contribution in [3.63, 3.8) is 0 Å². The zero-order chi connectivity index (χ0) is 15.2. The molecule has 1 fully saturated rings. The maximum Gasteiger partial charge on any atom is 0.237 e. The standard InChI is InChI=1S/C17H22N4O/c22-17(20-9-8-16-18-10-11-19-16)15-7-4-12-21(15)13-14-5-2-1-3-6-14/h1-3,5-6,10-11,15H,4,7-9,12-13H2,(H,18,19)(H,20,22)/t15-/m1/s1. The summed E-state index contributed by atoms with van der Waals surface area (Å²) in [5.41, 5.74) is 1.26. The number of hydrogen-bond donors (Lipinski definition) is 2. The molecule has 116 valence electrons. The second-order valence-corrected chi connectivity index (χ2v) is 5.69. The summed E-state index contributed by atoms with van der Waals surface area (Å²) >= 11 is 0. The van der Waals surface area contributed by atoms with Crippen molar-refractivity contribution in [3.8, 4) is 0 Å². The number of likely N-dealkylation sites (tertiary alicyclic amines) is 1. The molecule has 0 spiro atoms. The molecule has 5 nitrogen and oxygen atoms in total. The Labute approximate surface area is 130 Å². The van der Waals surface area contributed by atoms with Crippen LogP contribution in [0.5, 0.6) is 0 Å². The Kier molecular flexibility index (Phi) is 4.85. The highest BCUT2D eigenvalue weighted by Gasteiger charge is 2.30. The van der Waals surface area contributed by atoms with Crippen molar-refractivity contribution in [2.45, 2.75) is 31.8 Å². The number of imidazole rings is 1. The zero-order valence-corrected chi connectivity index (χ0v) is 12.7. The van der Waals surface area contributed by atoms with E-state index in [1.54, 1.807) is 12.4 Å². The molecule has 1 atom stereocenters. The summed E-state index contributed by atoms with van der Waals surface area (Å²) in [6, 6.07) is 10.3. The van der Waals surface area contributed by atoms with Crippen LogP contribution in [0.3, 0.4) is 0 Å². The van der Waals surface area contributed by atoms with Crippen LogP contribution in [-0.4, -0.2) is 39.9 Å². The third-order valence-corrected chi connectivity index (χ3v) is 4.11. The monoisotopic (exact) mass is 298 g/mol. The summed E-state index contributed by atoms with van der Waals surface area (Å²) in [6.45, 7) is 2.46. The predicted octanol–water partition coefficient (Wildman–Crippen LogP) is 1.73. The van der Waals surface area contributed by atoms with E-state index in [9.17, 15) is 4.79 Å². The molecule has 2 N–H and O–H groups in total. The van der Waals surface area contributed by atoms with Crippen LogP contribution in [-0.2, 0) is 17.8 Å². The molecule has 2 heterocycles. The number of nitrogens with zero attached hydrogens (tertiary/aromatic N) is 2. The topological polar surface area (TPSA) is 61.0 Å². The van der Waals surface area contributed by atoms with Crippen molar-refractivity contribution in [1.29, 1.82) is 0 Å². The number of benzene rings is 1. The number of aromatic amines is 1. The van der Waals surface area contributed by atoms with Crippen molar-refractivity contribution < 1.29 is 4.79 Å². The summed E-state index contributed by atoms with van der Waals surface area (Å²) in [7, 11) is 0. The Morgan fingerprint density at radius 2 is 2.23 bits per heavy atom. The maximum absolute atomic E-state index is 12.4. The number of hydrogen-bond acceptors (Lipinski definition) is 3. The summed E-state index contributed by atoms with van der Waals surface area (Å²) in [6.07, 6.45) is 6.30. The van der Waals surface area contributed by atoms with Crippen LogP contribution in [0.25, 0.3) is 0 Å². The van der Waals surface area contributed by atoms with E-state index in [4.69, 9.17) is 0 Å². The summed E-state index contributed by atoms with van der Waals surface area (Å²) in [5, 5.41) is 3.04. The van der Waals surface area contributed by atoms with Crippen LogP contribution in [0.4, 0.5) is 0 Å². The summed E-state index contributed by atoms with van der Waals surface area (Å²) in [4.78, 5) is 21.9. The van der Waals surface area contributed by atoms with Crippen LogP contribution in [0.2, 0.25) is 0 Å². The lowest BCUT2D eigenvalue weighted by atomic mass is 10.1. The van der Waals surface area contributed by atoms with E-state index in [2.05, 4.69) is 32.3 Å². The minimum absolute atomic E-state index is 0.00296. The van der Waals surface area contributed by atoms with E-state index in [1.165, 1.54) is 5.56 Å². The first-order valence-electron chi connectivity index (χ1n) is 7.87. The molecule has 3 rings (SSSR count). The molecule has 1 saturated heterocycles. The van der Waals surface area contributed by atoms with Crippen LogP contribution < -0.4 is 5.32 Å². The van der Waals surface area contributed by atoms with E-state index in [0.717, 1.165) is 38.2 Å². The minimum atomic E-state index is -0.00296. The molecular weight excluding hydrogens is 276 g/mol. The number of aromatic nitrogens is 2. The lowest BCUT2D eigenvalue weighted by molar-refractivity contribution is -0.125. The lowest BCUT2D eigenvalue weighted by Crippen LogP contribution is -2.43. The van der Waals surface area contributed by atoms with Gasteiger partial charge >= 0.3 is 0 Å². The van der Waals surface area contributed by atoms with Crippen molar-refractivity contribution in [3.05, 3.63) is 54.1 Å². The highest BCUT2D eigenvalue weighted by Crippen LogP contribution is 2.20. The molecular formula is C17H22N4O. The van der Waals surface area contributed by atoms with Gasteiger partial charge in [-0.2, -0.15) is 0 Å². The van der Waals surface area contributed by atoms with Crippen LogP contribution in [0.15, 0.2) is 42.7 Å². The van der Waals surface area contributed by atoms with E-state index in [-0.39, 0.29) is 11.9 Å². The van der Waals surface area contributed by atoms with Gasteiger partial charge in [-0.05, 0) is 24.9 Å². The Balaban J connectivity index is 1.50. The molecule has 5 heteroatoms. The first-order chi connectivity index (χ1) is 10.8. The van der Waals surface area contributed by atoms with E-state index in [0.29, 0.717) is 6.54 Å². The quantitative estimate of drug-likeness (QED) is 0.854. The predicted molar refractivity (Wildman–Crippen MR) is 85.2 cm³/mol. The van der Waals surface area contributed by atoms with Gasteiger partial charge in [-0.1, -0.05) is 30.3 Å². The van der Waals surface area contributed by atoms with Crippen molar-refractivity contribution >= 4 is 5.91 Å². The SMILES string of the molecule is O=C(NCCc1ncc[nH]1)[C@H]1CCCN1Cc1ccccc1. The molecule has 0 saturated carbocycles. The zero-order valence-electron chi connectivity index (χ0n) is 12.7. The van der Waals surface area contributed by atoms with Crippen molar-refractivity contribution in [2.24, 2.45) is 0 Å². The van der Waals surface area contributed by atoms with E-state index >= 15 is 0 Å². The van der Waals surface area contributed by atoms with Crippen molar-refractivity contribution in [2.75, 3.05) is 13.1 Å². The van der Waals surface area contributed by atoms with Gasteiger partial charge in [-0.3, -0.25) is 9.69 Å². The number of nitrogens with one attached hydrogen (secondary N) is 2. The Bertz CT molecular complexity index is 582. The average Bonchev–Trinajstić information content (AvgIpc) is 3.20. The smallest absolute Gasteiger partial charge is 0.237 e. The Morgan fingerprint density at radius 1 is 1.36 bits per heavy atom. The van der Waals surface area contributed by atoms with Gasteiger partial charge in [0.15, 0.2) is 0 Å². The molecule has 1 aromatic heterocycles. The second-order valence-electron chi connectivity index (χ2n) is 5.69. The van der Waals surface area contributed by atoms with Gasteiger partial charge in [0.1, 0.15) is 5.82 Å². The van der Waals surface area contributed by atoms with Crippen LogP contribution in [0.1, 0.15) is 24.2 Å². The third kappa shape index (κ3) is 3.74. The molecule has 0 radical (unpaired) electrons. The molecule has 0 aliphatic carbocycles. The first kappa shape index (κ1) is 14.8. The molecule has 1 aliphatic rings. The highest BCUT2D eigenvalue weighted by atomic mass is 16.2. The van der Waals surface area contributed by atoms with Gasteiger partial charge < -0.3 is 10.3 Å². The number of amides is 1. The van der Waals surface area contributed by atoms with E-state index < -0.39 is 0 Å². The third-order valence-electron chi connectivity index (χ3n) is 4.11. The van der Waals surface area contributed by atoms with Gasteiger partial charge in [0.25, 0.3) is 0 Å². The summed E-state index contributed by atoms with van der Waals surface area (Å²) in [5.74, 6) is 1.05. The number of rotatable bonds is 6. The van der Waals surface area contributed by atoms with Gasteiger partial charge in [0.2, 0.25) is 5.91 Å². The van der Waals surface area contributed by atoms with Gasteiger partial charge in [-0.15, -0.1) is 0 Å². The Morgan fingerprint density at radius 3 is 3.00 bits per heavy atom. The maximum atomic E-state index is 12.4. The fraction of sp³-hybridized carbons (Fsp3) is 0.412. The van der Waals surface area contributed by atoms with Crippen molar-refractivity contribution in [1.82, 2.24) is 20.2 Å². The normalized spacial score (nSPS) is 18.5. The van der Waals surface area contributed by atoms with Gasteiger partial charge in [0, 0.05) is 31.9 Å².